The molecule has 3 nitrogen and oxygen atoms in total. The van der Waals surface area contributed by atoms with E-state index in [2.05, 4.69) is 27.0 Å². The van der Waals surface area contributed by atoms with Crippen LogP contribution in [0.15, 0.2) is 41.1 Å². The third kappa shape index (κ3) is 2.96. The first-order valence-corrected chi connectivity index (χ1v) is 5.84. The monoisotopic (exact) mass is 308 g/mol. The number of rotatable bonds is 2. The minimum absolute atomic E-state index is 0.509. The highest BCUT2D eigenvalue weighted by atomic mass is 79.9. The molecule has 2 aromatic rings. The largest absolute Gasteiger partial charge is 0.456 e. The minimum atomic E-state index is 0.509. The van der Waals surface area contributed by atoms with E-state index in [1.165, 1.54) is 6.20 Å². The third-order valence-electron chi connectivity index (χ3n) is 1.98. The Morgan fingerprint density at radius 3 is 2.71 bits per heavy atom. The predicted octanol–water partition coefficient (Wildman–Crippen LogP) is 4.16. The average Bonchev–Trinajstić information content (AvgIpc) is 2.29. The highest BCUT2D eigenvalue weighted by Crippen LogP contribution is 2.27. The molecule has 1 heterocycles. The van der Waals surface area contributed by atoms with Crippen LogP contribution in [0.5, 0.6) is 11.5 Å². The van der Waals surface area contributed by atoms with Crippen molar-refractivity contribution in [3.05, 3.63) is 51.7 Å². The van der Waals surface area contributed by atoms with Crippen molar-refractivity contribution >= 4 is 27.5 Å². The molecule has 2 rings (SSSR count). The van der Waals surface area contributed by atoms with E-state index in [9.17, 15) is 0 Å². The number of hydrogen-bond acceptors (Lipinski definition) is 3. The van der Waals surface area contributed by atoms with Crippen LogP contribution in [0.1, 0.15) is 5.56 Å². The summed E-state index contributed by atoms with van der Waals surface area (Å²) in [7, 11) is 0. The summed E-state index contributed by atoms with van der Waals surface area (Å²) in [6, 6.07) is 8.84. The van der Waals surface area contributed by atoms with Crippen LogP contribution in [0.25, 0.3) is 0 Å². The molecule has 0 radical (unpaired) electrons. The first-order chi connectivity index (χ1) is 8.19. The Labute approximate surface area is 112 Å². The molecule has 5 heteroatoms. The van der Waals surface area contributed by atoms with E-state index < -0.39 is 0 Å². The van der Waals surface area contributed by atoms with Crippen LogP contribution in [0, 0.1) is 11.3 Å². The SMILES string of the molecule is N#Cc1ccc(Oc2cncc(Cl)c2)cc1Br. The van der Waals surface area contributed by atoms with Crippen molar-refractivity contribution < 1.29 is 4.74 Å². The van der Waals surface area contributed by atoms with E-state index in [0.29, 0.717) is 26.6 Å². The molecule has 1 aromatic carbocycles. The summed E-state index contributed by atoms with van der Waals surface area (Å²) in [5.74, 6) is 1.16. The van der Waals surface area contributed by atoms with Gasteiger partial charge in [-0.15, -0.1) is 0 Å². The molecule has 0 aliphatic heterocycles. The molecule has 0 spiro atoms. The molecule has 0 saturated heterocycles. The molecule has 0 amide bonds. The average molecular weight is 310 g/mol. The van der Waals surface area contributed by atoms with Gasteiger partial charge in [0, 0.05) is 16.7 Å². The second-order valence-electron chi connectivity index (χ2n) is 3.19. The van der Waals surface area contributed by atoms with E-state index in [4.69, 9.17) is 21.6 Å². The van der Waals surface area contributed by atoms with Crippen LogP contribution >= 0.6 is 27.5 Å². The molecule has 0 atom stereocenters. The number of aromatic nitrogens is 1. The Morgan fingerprint density at radius 1 is 1.24 bits per heavy atom. The molecule has 0 fully saturated rings. The Morgan fingerprint density at radius 2 is 2.06 bits per heavy atom. The van der Waals surface area contributed by atoms with Gasteiger partial charge >= 0.3 is 0 Å². The van der Waals surface area contributed by atoms with E-state index in [-0.39, 0.29) is 0 Å². The summed E-state index contributed by atoms with van der Waals surface area (Å²) in [5.41, 5.74) is 0.557. The molecular formula is C12H6BrClN2O. The molecule has 17 heavy (non-hydrogen) atoms. The first kappa shape index (κ1) is 11.9. The number of benzene rings is 1. The quantitative estimate of drug-likeness (QED) is 0.836. The molecule has 0 aliphatic carbocycles. The topological polar surface area (TPSA) is 45.9 Å². The molecule has 1 aromatic heterocycles. The predicted molar refractivity (Wildman–Crippen MR) is 68.2 cm³/mol. The van der Waals surface area contributed by atoms with Crippen molar-refractivity contribution in [1.82, 2.24) is 4.98 Å². The van der Waals surface area contributed by atoms with Gasteiger partial charge < -0.3 is 4.74 Å². The molecular weight excluding hydrogens is 304 g/mol. The maximum atomic E-state index is 8.79. The zero-order chi connectivity index (χ0) is 12.3. The molecule has 0 bridgehead atoms. The highest BCUT2D eigenvalue weighted by molar-refractivity contribution is 9.10. The van der Waals surface area contributed by atoms with Gasteiger partial charge in [0.25, 0.3) is 0 Å². The third-order valence-corrected chi connectivity index (χ3v) is 2.84. The lowest BCUT2D eigenvalue weighted by atomic mass is 10.2. The Kier molecular flexibility index (Phi) is 3.62. The van der Waals surface area contributed by atoms with Crippen LogP contribution in [-0.4, -0.2) is 4.98 Å². The second kappa shape index (κ2) is 5.17. The lowest BCUT2D eigenvalue weighted by molar-refractivity contribution is 0.480. The maximum absolute atomic E-state index is 8.79. The normalized spacial score (nSPS) is 9.71. The van der Waals surface area contributed by atoms with E-state index in [1.54, 1.807) is 30.5 Å². The molecule has 0 aliphatic rings. The van der Waals surface area contributed by atoms with Gasteiger partial charge in [-0.1, -0.05) is 11.6 Å². The number of nitrogens with zero attached hydrogens (tertiary/aromatic N) is 2. The van der Waals surface area contributed by atoms with Gasteiger partial charge in [-0.3, -0.25) is 4.98 Å². The molecule has 0 saturated carbocycles. The summed E-state index contributed by atoms with van der Waals surface area (Å²) in [6.45, 7) is 0. The maximum Gasteiger partial charge on any atom is 0.147 e. The zero-order valence-electron chi connectivity index (χ0n) is 8.52. The van der Waals surface area contributed by atoms with E-state index >= 15 is 0 Å². The smallest absolute Gasteiger partial charge is 0.147 e. The summed E-state index contributed by atoms with van der Waals surface area (Å²) in [5, 5.41) is 9.30. The van der Waals surface area contributed by atoms with Gasteiger partial charge in [0.05, 0.1) is 16.8 Å². The van der Waals surface area contributed by atoms with Crippen LogP contribution in [-0.2, 0) is 0 Å². The highest BCUT2D eigenvalue weighted by Gasteiger charge is 2.03. The van der Waals surface area contributed by atoms with Crippen LogP contribution in [0.4, 0.5) is 0 Å². The summed E-state index contributed by atoms with van der Waals surface area (Å²) < 4.78 is 6.24. The van der Waals surface area contributed by atoms with Gasteiger partial charge in [0.2, 0.25) is 0 Å². The number of hydrogen-bond donors (Lipinski definition) is 0. The minimum Gasteiger partial charge on any atom is -0.456 e. The fraction of sp³-hybridized carbons (Fsp3) is 0. The second-order valence-corrected chi connectivity index (χ2v) is 4.49. The van der Waals surface area contributed by atoms with Crippen molar-refractivity contribution in [1.29, 1.82) is 5.26 Å². The lowest BCUT2D eigenvalue weighted by Gasteiger charge is -2.06. The van der Waals surface area contributed by atoms with Crippen LogP contribution < -0.4 is 4.74 Å². The summed E-state index contributed by atoms with van der Waals surface area (Å²) in [6.07, 6.45) is 3.10. The van der Waals surface area contributed by atoms with Crippen molar-refractivity contribution in [3.63, 3.8) is 0 Å². The molecule has 0 N–H and O–H groups in total. The number of halogens is 2. The van der Waals surface area contributed by atoms with Gasteiger partial charge in [0.1, 0.15) is 17.6 Å². The summed E-state index contributed by atoms with van der Waals surface area (Å²) >= 11 is 9.09. The van der Waals surface area contributed by atoms with Crippen LogP contribution in [0.3, 0.4) is 0 Å². The Hall–Kier alpha value is -1.57. The first-order valence-electron chi connectivity index (χ1n) is 4.67. The van der Waals surface area contributed by atoms with E-state index in [0.717, 1.165) is 0 Å². The fourth-order valence-corrected chi connectivity index (χ4v) is 1.84. The van der Waals surface area contributed by atoms with Crippen molar-refractivity contribution in [2.45, 2.75) is 0 Å². The van der Waals surface area contributed by atoms with E-state index in [1.807, 2.05) is 0 Å². The van der Waals surface area contributed by atoms with Crippen molar-refractivity contribution in [2.75, 3.05) is 0 Å². The number of pyridine rings is 1. The number of ether oxygens (including phenoxy) is 1. The number of nitriles is 1. The van der Waals surface area contributed by atoms with Gasteiger partial charge in [0.15, 0.2) is 0 Å². The standard InChI is InChI=1S/C12H6BrClN2O/c13-12-4-10(2-1-8(12)5-15)17-11-3-9(14)6-16-7-11/h1-4,6-7H. The fourth-order valence-electron chi connectivity index (χ4n) is 1.23. The van der Waals surface area contributed by atoms with Gasteiger partial charge in [-0.2, -0.15) is 5.26 Å². The van der Waals surface area contributed by atoms with Crippen molar-refractivity contribution in [2.24, 2.45) is 0 Å². The van der Waals surface area contributed by atoms with Crippen molar-refractivity contribution in [3.8, 4) is 17.6 Å². The summed E-state index contributed by atoms with van der Waals surface area (Å²) in [4.78, 5) is 3.92. The lowest BCUT2D eigenvalue weighted by Crippen LogP contribution is -1.86. The molecule has 84 valence electrons. The zero-order valence-corrected chi connectivity index (χ0v) is 10.9. The van der Waals surface area contributed by atoms with Gasteiger partial charge in [-0.05, 0) is 34.1 Å². The Bertz CT molecular complexity index is 595. The molecule has 0 unspecified atom stereocenters. The Balaban J connectivity index is 2.25. The van der Waals surface area contributed by atoms with Crippen LogP contribution in [0.2, 0.25) is 5.02 Å². The van der Waals surface area contributed by atoms with Gasteiger partial charge in [-0.25, -0.2) is 0 Å².